The third-order valence-corrected chi connectivity index (χ3v) is 3.18. The van der Waals surface area contributed by atoms with Gasteiger partial charge in [0.1, 0.15) is 11.1 Å². The van der Waals surface area contributed by atoms with E-state index in [0.29, 0.717) is 30.2 Å². The third-order valence-electron chi connectivity index (χ3n) is 2.91. The lowest BCUT2D eigenvalue weighted by atomic mass is 10.3. The van der Waals surface area contributed by atoms with Gasteiger partial charge in [0.2, 0.25) is 5.88 Å². The van der Waals surface area contributed by atoms with Crippen molar-refractivity contribution in [2.45, 2.75) is 45.4 Å². The molecule has 0 radical (unpaired) electrons. The highest BCUT2D eigenvalue weighted by Gasteiger charge is 2.20. The normalized spacial score (nSPS) is 16.4. The number of pyridine rings is 1. The number of nitrogens with one attached hydrogen (secondary N) is 1. The van der Waals surface area contributed by atoms with E-state index in [1.807, 2.05) is 26.1 Å². The number of nitrogens with zero attached hydrogens (tertiary/aromatic N) is 1. The van der Waals surface area contributed by atoms with E-state index in [2.05, 4.69) is 10.3 Å². The number of ether oxygens (including phenoxy) is 2. The average Bonchev–Trinajstić information content (AvgIpc) is 3.21. The number of halogens is 1. The highest BCUT2D eigenvalue weighted by Crippen LogP contribution is 2.24. The van der Waals surface area contributed by atoms with Crippen LogP contribution in [0.25, 0.3) is 0 Å². The Labute approximate surface area is 119 Å². The summed E-state index contributed by atoms with van der Waals surface area (Å²) in [5, 5.41) is 3.98. The van der Waals surface area contributed by atoms with E-state index in [1.54, 1.807) is 0 Å². The van der Waals surface area contributed by atoms with Crippen molar-refractivity contribution in [1.29, 1.82) is 0 Å². The Kier molecular flexibility index (Phi) is 5.43. The van der Waals surface area contributed by atoms with Crippen molar-refractivity contribution in [3.05, 3.63) is 22.8 Å². The van der Waals surface area contributed by atoms with E-state index in [1.165, 1.54) is 12.8 Å². The number of hydrogen-bond donors (Lipinski definition) is 1. The molecule has 19 heavy (non-hydrogen) atoms. The summed E-state index contributed by atoms with van der Waals surface area (Å²) in [5.41, 5.74) is 1.08. The molecule has 1 heterocycles. The Balaban J connectivity index is 1.86. The van der Waals surface area contributed by atoms with Crippen molar-refractivity contribution < 1.29 is 9.47 Å². The van der Waals surface area contributed by atoms with Crippen LogP contribution in [0.2, 0.25) is 5.02 Å². The minimum absolute atomic E-state index is 0.0552. The molecule has 1 fully saturated rings. The first-order valence-electron chi connectivity index (χ1n) is 6.81. The topological polar surface area (TPSA) is 43.4 Å². The number of aromatic nitrogens is 1. The van der Waals surface area contributed by atoms with Crippen LogP contribution in [0.1, 0.15) is 32.3 Å². The lowest BCUT2D eigenvalue weighted by Crippen LogP contribution is -2.20. The standard InChI is InChI=1S/C14H21ClN2O2/c1-3-18-9-10(2)19-14-13(15)6-11(8-17-14)7-16-12-4-5-12/h6,8,10,12,16H,3-5,7,9H2,1-2H3. The molecule has 0 aromatic carbocycles. The number of rotatable bonds is 8. The van der Waals surface area contributed by atoms with Gasteiger partial charge in [-0.2, -0.15) is 0 Å². The van der Waals surface area contributed by atoms with Crippen LogP contribution in [0.5, 0.6) is 5.88 Å². The van der Waals surface area contributed by atoms with Gasteiger partial charge in [0, 0.05) is 25.4 Å². The molecule has 1 aliphatic carbocycles. The molecular formula is C14H21ClN2O2. The van der Waals surface area contributed by atoms with Gasteiger partial charge in [0.25, 0.3) is 0 Å². The summed E-state index contributed by atoms with van der Waals surface area (Å²) in [5.74, 6) is 0.476. The summed E-state index contributed by atoms with van der Waals surface area (Å²) in [6.45, 7) is 5.93. The first-order valence-corrected chi connectivity index (χ1v) is 7.19. The van der Waals surface area contributed by atoms with Gasteiger partial charge in [-0.1, -0.05) is 11.6 Å². The highest BCUT2D eigenvalue weighted by molar-refractivity contribution is 6.31. The van der Waals surface area contributed by atoms with Crippen molar-refractivity contribution in [1.82, 2.24) is 10.3 Å². The molecule has 1 aromatic heterocycles. The highest BCUT2D eigenvalue weighted by atomic mass is 35.5. The molecule has 0 aliphatic heterocycles. The van der Waals surface area contributed by atoms with Crippen LogP contribution >= 0.6 is 11.6 Å². The zero-order valence-electron chi connectivity index (χ0n) is 11.5. The van der Waals surface area contributed by atoms with Crippen molar-refractivity contribution in [2.24, 2.45) is 0 Å². The maximum Gasteiger partial charge on any atom is 0.232 e. The quantitative estimate of drug-likeness (QED) is 0.797. The van der Waals surface area contributed by atoms with Gasteiger partial charge < -0.3 is 14.8 Å². The molecule has 2 rings (SSSR count). The van der Waals surface area contributed by atoms with Crippen LogP contribution in [0, 0.1) is 0 Å². The Bertz CT molecular complexity index is 410. The van der Waals surface area contributed by atoms with Gasteiger partial charge in [-0.05, 0) is 38.3 Å². The van der Waals surface area contributed by atoms with Crippen molar-refractivity contribution in [3.8, 4) is 5.88 Å². The Morgan fingerprint density at radius 2 is 2.32 bits per heavy atom. The Morgan fingerprint density at radius 1 is 1.53 bits per heavy atom. The van der Waals surface area contributed by atoms with Gasteiger partial charge in [0.05, 0.1) is 6.61 Å². The average molecular weight is 285 g/mol. The summed E-state index contributed by atoms with van der Waals surface area (Å²) in [6.07, 6.45) is 4.30. The molecule has 1 aliphatic rings. The SMILES string of the molecule is CCOCC(C)Oc1ncc(CNC2CC2)cc1Cl. The molecule has 1 aromatic rings. The predicted molar refractivity (Wildman–Crippen MR) is 75.7 cm³/mol. The molecule has 0 amide bonds. The van der Waals surface area contributed by atoms with Crippen LogP contribution < -0.4 is 10.1 Å². The van der Waals surface area contributed by atoms with Crippen LogP contribution in [-0.4, -0.2) is 30.3 Å². The van der Waals surface area contributed by atoms with Crippen molar-refractivity contribution in [2.75, 3.05) is 13.2 Å². The van der Waals surface area contributed by atoms with Crippen molar-refractivity contribution >= 4 is 11.6 Å². The predicted octanol–water partition coefficient (Wildman–Crippen LogP) is 2.79. The lowest BCUT2D eigenvalue weighted by Gasteiger charge is -2.15. The largest absolute Gasteiger partial charge is 0.471 e. The summed E-state index contributed by atoms with van der Waals surface area (Å²) in [7, 11) is 0. The lowest BCUT2D eigenvalue weighted by molar-refractivity contribution is 0.0634. The van der Waals surface area contributed by atoms with Crippen LogP contribution in [0.15, 0.2) is 12.3 Å². The molecule has 0 saturated heterocycles. The van der Waals surface area contributed by atoms with Gasteiger partial charge in [-0.25, -0.2) is 4.98 Å². The maximum absolute atomic E-state index is 6.18. The molecule has 1 atom stereocenters. The van der Waals surface area contributed by atoms with E-state index in [4.69, 9.17) is 21.1 Å². The van der Waals surface area contributed by atoms with Gasteiger partial charge >= 0.3 is 0 Å². The monoisotopic (exact) mass is 284 g/mol. The Morgan fingerprint density at radius 3 is 2.95 bits per heavy atom. The van der Waals surface area contributed by atoms with E-state index < -0.39 is 0 Å². The smallest absolute Gasteiger partial charge is 0.232 e. The van der Waals surface area contributed by atoms with Gasteiger partial charge in [-0.3, -0.25) is 0 Å². The van der Waals surface area contributed by atoms with E-state index in [-0.39, 0.29) is 6.10 Å². The van der Waals surface area contributed by atoms with Gasteiger partial charge in [0.15, 0.2) is 0 Å². The first kappa shape index (κ1) is 14.6. The van der Waals surface area contributed by atoms with Crippen LogP contribution in [0.3, 0.4) is 0 Å². The van der Waals surface area contributed by atoms with E-state index in [0.717, 1.165) is 12.1 Å². The molecule has 106 valence electrons. The van der Waals surface area contributed by atoms with E-state index >= 15 is 0 Å². The summed E-state index contributed by atoms with van der Waals surface area (Å²) in [6, 6.07) is 2.59. The van der Waals surface area contributed by atoms with Crippen LogP contribution in [-0.2, 0) is 11.3 Å². The number of hydrogen-bond acceptors (Lipinski definition) is 4. The molecule has 1 N–H and O–H groups in total. The minimum atomic E-state index is -0.0552. The molecule has 0 spiro atoms. The molecule has 5 heteroatoms. The fraction of sp³-hybridized carbons (Fsp3) is 0.643. The zero-order chi connectivity index (χ0) is 13.7. The third kappa shape index (κ3) is 4.97. The molecular weight excluding hydrogens is 264 g/mol. The van der Waals surface area contributed by atoms with Gasteiger partial charge in [-0.15, -0.1) is 0 Å². The Hall–Kier alpha value is -0.840. The fourth-order valence-corrected chi connectivity index (χ4v) is 1.94. The first-order chi connectivity index (χ1) is 9.19. The molecule has 0 bridgehead atoms. The maximum atomic E-state index is 6.18. The zero-order valence-corrected chi connectivity index (χ0v) is 12.2. The minimum Gasteiger partial charge on any atom is -0.471 e. The fourth-order valence-electron chi connectivity index (χ4n) is 1.71. The second-order valence-corrected chi connectivity index (χ2v) is 5.28. The second-order valence-electron chi connectivity index (χ2n) is 4.87. The second kappa shape index (κ2) is 7.08. The molecule has 4 nitrogen and oxygen atoms in total. The summed E-state index contributed by atoms with van der Waals surface area (Å²) < 4.78 is 10.9. The van der Waals surface area contributed by atoms with E-state index in [9.17, 15) is 0 Å². The van der Waals surface area contributed by atoms with Crippen molar-refractivity contribution in [3.63, 3.8) is 0 Å². The molecule has 1 unspecified atom stereocenters. The summed E-state index contributed by atoms with van der Waals surface area (Å²) >= 11 is 6.18. The molecule has 1 saturated carbocycles. The van der Waals surface area contributed by atoms with Crippen LogP contribution in [0.4, 0.5) is 0 Å². The summed E-state index contributed by atoms with van der Waals surface area (Å²) in [4.78, 5) is 4.27.